The van der Waals surface area contributed by atoms with E-state index in [0.29, 0.717) is 13.0 Å². The van der Waals surface area contributed by atoms with Crippen molar-refractivity contribution >= 4 is 11.9 Å². The predicted molar refractivity (Wildman–Crippen MR) is 138 cm³/mol. The van der Waals surface area contributed by atoms with E-state index in [-0.39, 0.29) is 36.0 Å². The highest BCUT2D eigenvalue weighted by atomic mass is 16.7. The van der Waals surface area contributed by atoms with Gasteiger partial charge in [-0.05, 0) is 52.5 Å². The molecule has 9 atom stereocenters. The Kier molecular flexibility index (Phi) is 9.74. The molecule has 0 bridgehead atoms. The van der Waals surface area contributed by atoms with Crippen molar-refractivity contribution in [2.75, 3.05) is 13.7 Å². The van der Waals surface area contributed by atoms with E-state index in [1.165, 1.54) is 13.0 Å². The van der Waals surface area contributed by atoms with Gasteiger partial charge in [-0.15, -0.1) is 0 Å². The molecule has 3 aliphatic rings. The quantitative estimate of drug-likeness (QED) is 0.206. The third-order valence-corrected chi connectivity index (χ3v) is 7.44. The number of carbonyl (C=O) groups excluding carboxylic acids is 2. The molecule has 0 aromatic heterocycles. The third-order valence-electron chi connectivity index (χ3n) is 7.44. The standard InChI is InChI=1S/C28H43NO8/c1-17(9-12-24-26(32)28(16-34-28)15-27(6,33-7)37-24)8-11-23-18(2)14-22(20(4)36-23)29-25(31)13-10-19(3)35-21(5)30/h8-10,12-13,18-20,22-24,26,32H,11,14-16H2,1-7H3,(H,29,31)/b12-9+,13-10-,17-8+/t18-,19-,20+,22+,23-,24+,26-,27-,28-/m0/s1. The zero-order chi connectivity index (χ0) is 27.4. The van der Waals surface area contributed by atoms with E-state index in [4.69, 9.17) is 23.7 Å². The molecular formula is C28H43NO8. The first-order valence-electron chi connectivity index (χ1n) is 13.1. The number of aliphatic hydroxyl groups is 1. The Balaban J connectivity index is 1.50. The van der Waals surface area contributed by atoms with Gasteiger partial charge in [-0.1, -0.05) is 30.7 Å². The Morgan fingerprint density at radius 2 is 1.95 bits per heavy atom. The van der Waals surface area contributed by atoms with Crippen LogP contribution in [-0.2, 0) is 33.3 Å². The second-order valence-electron chi connectivity index (χ2n) is 10.8. The Morgan fingerprint density at radius 3 is 2.57 bits per heavy atom. The lowest BCUT2D eigenvalue weighted by Gasteiger charge is -2.42. The number of rotatable bonds is 9. The SMILES string of the molecule is CO[C@]1(C)C[C@]2(CO2)[C@@H](O)[C@@H](/C=C/C(C)=C/C[C@@H]2O[C@H](C)[C@H](NC(=O)/C=C\[C@H](C)OC(C)=O)C[C@@H]2C)O1. The van der Waals surface area contributed by atoms with Crippen LogP contribution in [-0.4, -0.2) is 78.6 Å². The lowest BCUT2D eigenvalue weighted by atomic mass is 9.87. The van der Waals surface area contributed by atoms with Crippen LogP contribution in [0.15, 0.2) is 36.0 Å². The highest BCUT2D eigenvalue weighted by molar-refractivity contribution is 5.87. The number of esters is 1. The van der Waals surface area contributed by atoms with Gasteiger partial charge >= 0.3 is 5.97 Å². The van der Waals surface area contributed by atoms with Gasteiger partial charge in [0.05, 0.1) is 24.9 Å². The summed E-state index contributed by atoms with van der Waals surface area (Å²) < 4.78 is 28.4. The molecular weight excluding hydrogens is 478 g/mol. The summed E-state index contributed by atoms with van der Waals surface area (Å²) >= 11 is 0. The minimum Gasteiger partial charge on any atom is -0.459 e. The average molecular weight is 522 g/mol. The van der Waals surface area contributed by atoms with E-state index in [9.17, 15) is 14.7 Å². The molecule has 0 unspecified atom stereocenters. The van der Waals surface area contributed by atoms with Crippen LogP contribution in [0.5, 0.6) is 0 Å². The van der Waals surface area contributed by atoms with Gasteiger partial charge in [-0.2, -0.15) is 0 Å². The molecule has 0 radical (unpaired) electrons. The fourth-order valence-electron chi connectivity index (χ4n) is 5.06. The number of amides is 1. The van der Waals surface area contributed by atoms with Gasteiger partial charge in [-0.3, -0.25) is 9.59 Å². The molecule has 0 aromatic carbocycles. The fourth-order valence-corrected chi connectivity index (χ4v) is 5.06. The van der Waals surface area contributed by atoms with E-state index in [1.807, 2.05) is 32.9 Å². The number of ether oxygens (including phenoxy) is 5. The summed E-state index contributed by atoms with van der Waals surface area (Å²) in [5.41, 5.74) is 0.455. The maximum absolute atomic E-state index is 12.3. The van der Waals surface area contributed by atoms with Crippen LogP contribution in [0.3, 0.4) is 0 Å². The highest BCUT2D eigenvalue weighted by Crippen LogP contribution is 2.46. The second-order valence-corrected chi connectivity index (χ2v) is 10.8. The molecule has 208 valence electrons. The monoisotopic (exact) mass is 521 g/mol. The largest absolute Gasteiger partial charge is 0.459 e. The van der Waals surface area contributed by atoms with E-state index >= 15 is 0 Å². The van der Waals surface area contributed by atoms with Crippen molar-refractivity contribution in [1.82, 2.24) is 5.32 Å². The average Bonchev–Trinajstić information content (AvgIpc) is 3.59. The first-order valence-corrected chi connectivity index (χ1v) is 13.1. The molecule has 3 saturated heterocycles. The van der Waals surface area contributed by atoms with E-state index < -0.39 is 29.7 Å². The van der Waals surface area contributed by atoms with Crippen molar-refractivity contribution in [2.24, 2.45) is 5.92 Å². The van der Waals surface area contributed by atoms with Crippen LogP contribution < -0.4 is 5.32 Å². The number of aliphatic hydroxyl groups excluding tert-OH is 1. The number of nitrogens with one attached hydrogen (secondary N) is 1. The van der Waals surface area contributed by atoms with Gasteiger partial charge in [0.15, 0.2) is 5.79 Å². The lowest BCUT2D eigenvalue weighted by Crippen LogP contribution is -2.55. The summed E-state index contributed by atoms with van der Waals surface area (Å²) in [6.45, 7) is 11.5. The maximum atomic E-state index is 12.3. The van der Waals surface area contributed by atoms with Crippen molar-refractivity contribution in [3.8, 4) is 0 Å². The summed E-state index contributed by atoms with van der Waals surface area (Å²) in [6.07, 6.45) is 9.09. The normalized spacial score (nSPS) is 39.2. The van der Waals surface area contributed by atoms with Crippen LogP contribution in [0.2, 0.25) is 0 Å². The van der Waals surface area contributed by atoms with Gasteiger partial charge in [0.1, 0.15) is 23.9 Å². The molecule has 3 aliphatic heterocycles. The van der Waals surface area contributed by atoms with E-state index in [0.717, 1.165) is 18.4 Å². The van der Waals surface area contributed by atoms with E-state index in [1.54, 1.807) is 20.1 Å². The van der Waals surface area contributed by atoms with Crippen molar-refractivity contribution in [2.45, 2.75) is 109 Å². The highest BCUT2D eigenvalue weighted by Gasteiger charge is 2.61. The molecule has 1 amide bonds. The summed E-state index contributed by atoms with van der Waals surface area (Å²) in [4.78, 5) is 23.3. The minimum atomic E-state index is -0.799. The number of allylic oxidation sites excluding steroid dienone is 2. The van der Waals surface area contributed by atoms with Crippen molar-refractivity contribution < 1.29 is 38.4 Å². The van der Waals surface area contributed by atoms with Gasteiger partial charge in [0.25, 0.3) is 0 Å². The molecule has 0 aliphatic carbocycles. The Morgan fingerprint density at radius 1 is 1.24 bits per heavy atom. The molecule has 1 spiro atoms. The molecule has 3 rings (SSSR count). The van der Waals surface area contributed by atoms with Crippen molar-refractivity contribution in [1.29, 1.82) is 0 Å². The van der Waals surface area contributed by atoms with Crippen molar-refractivity contribution in [3.05, 3.63) is 36.0 Å². The van der Waals surface area contributed by atoms with Gasteiger partial charge in [0.2, 0.25) is 5.91 Å². The zero-order valence-electron chi connectivity index (χ0n) is 23.1. The van der Waals surface area contributed by atoms with Crippen LogP contribution in [0, 0.1) is 5.92 Å². The number of epoxide rings is 1. The van der Waals surface area contributed by atoms with Crippen LogP contribution in [0.4, 0.5) is 0 Å². The minimum absolute atomic E-state index is 0.0301. The number of carbonyl (C=O) groups is 2. The topological polar surface area (TPSA) is 116 Å². The fraction of sp³-hybridized carbons (Fsp3) is 0.714. The van der Waals surface area contributed by atoms with Gasteiger partial charge in [0, 0.05) is 26.5 Å². The summed E-state index contributed by atoms with van der Waals surface area (Å²) in [5.74, 6) is -1.18. The predicted octanol–water partition coefficient (Wildman–Crippen LogP) is 2.97. The van der Waals surface area contributed by atoms with Crippen molar-refractivity contribution in [3.63, 3.8) is 0 Å². The molecule has 3 heterocycles. The number of hydrogen-bond acceptors (Lipinski definition) is 8. The Bertz CT molecular complexity index is 910. The van der Waals surface area contributed by atoms with Gasteiger partial charge < -0.3 is 34.1 Å². The second kappa shape index (κ2) is 12.2. The van der Waals surface area contributed by atoms with Crippen LogP contribution >= 0.6 is 0 Å². The smallest absolute Gasteiger partial charge is 0.303 e. The van der Waals surface area contributed by atoms with Crippen LogP contribution in [0.1, 0.15) is 60.8 Å². The Hall–Kier alpha value is -2.04. The number of hydrogen-bond donors (Lipinski definition) is 2. The molecule has 9 heteroatoms. The van der Waals surface area contributed by atoms with E-state index in [2.05, 4.69) is 18.3 Å². The molecule has 0 aromatic rings. The first-order chi connectivity index (χ1) is 17.4. The summed E-state index contributed by atoms with van der Waals surface area (Å²) in [6, 6.07) is -0.102. The van der Waals surface area contributed by atoms with Crippen LogP contribution in [0.25, 0.3) is 0 Å². The number of methoxy groups -OCH3 is 1. The summed E-state index contributed by atoms with van der Waals surface area (Å²) in [7, 11) is 1.60. The molecule has 3 fully saturated rings. The molecule has 9 nitrogen and oxygen atoms in total. The Labute approximate surface area is 220 Å². The first kappa shape index (κ1) is 29.5. The van der Waals surface area contributed by atoms with Gasteiger partial charge in [-0.25, -0.2) is 0 Å². The maximum Gasteiger partial charge on any atom is 0.303 e. The zero-order valence-corrected chi connectivity index (χ0v) is 23.1. The molecule has 37 heavy (non-hydrogen) atoms. The third kappa shape index (κ3) is 7.97. The lowest BCUT2D eigenvalue weighted by molar-refractivity contribution is -0.284. The summed E-state index contributed by atoms with van der Waals surface area (Å²) in [5, 5.41) is 13.7. The molecule has 2 N–H and O–H groups in total. The molecule has 0 saturated carbocycles.